The topological polar surface area (TPSA) is 69.3 Å². The molecule has 1 N–H and O–H groups in total. The molecule has 4 rings (SSSR count). The third kappa shape index (κ3) is 2.55. The molecular weight excluding hydrogens is 324 g/mol. The van der Waals surface area contributed by atoms with Crippen LogP contribution in [0.4, 0.5) is 5.69 Å². The molecule has 6 nitrogen and oxygen atoms in total. The van der Waals surface area contributed by atoms with E-state index in [0.29, 0.717) is 31.1 Å². The van der Waals surface area contributed by atoms with Crippen LogP contribution in [0.2, 0.25) is 0 Å². The Labute approximate surface area is 140 Å². The third-order valence-electron chi connectivity index (χ3n) is 4.42. The normalized spacial score (nSPS) is 16.6. The predicted molar refractivity (Wildman–Crippen MR) is 93.5 cm³/mol. The first-order valence-electron chi connectivity index (χ1n) is 7.88. The number of nitrogens with one attached hydrogen (secondary N) is 1. The van der Waals surface area contributed by atoms with Crippen molar-refractivity contribution in [2.24, 2.45) is 0 Å². The van der Waals surface area contributed by atoms with Gasteiger partial charge in [0.05, 0.1) is 16.6 Å². The molecule has 3 aromatic rings. The van der Waals surface area contributed by atoms with Crippen LogP contribution in [-0.2, 0) is 10.0 Å². The van der Waals surface area contributed by atoms with E-state index in [1.54, 1.807) is 28.6 Å². The highest BCUT2D eigenvalue weighted by Crippen LogP contribution is 2.27. The van der Waals surface area contributed by atoms with Crippen molar-refractivity contribution in [2.75, 3.05) is 31.1 Å². The van der Waals surface area contributed by atoms with Gasteiger partial charge in [-0.05, 0) is 24.3 Å². The van der Waals surface area contributed by atoms with Gasteiger partial charge in [-0.15, -0.1) is 0 Å². The summed E-state index contributed by atoms with van der Waals surface area (Å²) in [7, 11) is -3.41. The Morgan fingerprint density at radius 3 is 2.42 bits per heavy atom. The standard InChI is InChI=1S/C17H18N4O2S/c22-24(23,14-5-2-1-3-6-14)21-11-9-20(10-12-21)17-8-4-7-16-15(17)13-18-19-16/h1-8,13H,9-12H2,(H,18,19). The Bertz CT molecular complexity index is 945. The first-order valence-corrected chi connectivity index (χ1v) is 9.32. The van der Waals surface area contributed by atoms with Gasteiger partial charge in [-0.3, -0.25) is 5.10 Å². The van der Waals surface area contributed by atoms with Gasteiger partial charge < -0.3 is 4.90 Å². The van der Waals surface area contributed by atoms with Gasteiger partial charge in [-0.25, -0.2) is 8.42 Å². The highest BCUT2D eigenvalue weighted by molar-refractivity contribution is 7.89. The maximum Gasteiger partial charge on any atom is 0.243 e. The van der Waals surface area contributed by atoms with E-state index in [4.69, 9.17) is 0 Å². The molecule has 1 aliphatic heterocycles. The molecule has 0 spiro atoms. The quantitative estimate of drug-likeness (QED) is 0.791. The number of hydrogen-bond donors (Lipinski definition) is 1. The second-order valence-corrected chi connectivity index (χ2v) is 7.75. The largest absolute Gasteiger partial charge is 0.368 e. The van der Waals surface area contributed by atoms with Crippen LogP contribution in [-0.4, -0.2) is 49.1 Å². The number of hydrogen-bond acceptors (Lipinski definition) is 4. The lowest BCUT2D eigenvalue weighted by molar-refractivity contribution is 0.385. The molecule has 0 aliphatic carbocycles. The zero-order valence-electron chi connectivity index (χ0n) is 13.1. The number of nitrogens with zero attached hydrogens (tertiary/aromatic N) is 3. The van der Waals surface area contributed by atoms with Crippen LogP contribution in [0, 0.1) is 0 Å². The summed E-state index contributed by atoms with van der Waals surface area (Å²) in [5.74, 6) is 0. The molecule has 1 fully saturated rings. The number of fused-ring (bicyclic) bond motifs is 1. The monoisotopic (exact) mass is 342 g/mol. The second kappa shape index (κ2) is 5.92. The van der Waals surface area contributed by atoms with Crippen molar-refractivity contribution in [3.63, 3.8) is 0 Å². The van der Waals surface area contributed by atoms with Gasteiger partial charge in [0, 0.05) is 37.3 Å². The molecular formula is C17H18N4O2S. The van der Waals surface area contributed by atoms with Gasteiger partial charge >= 0.3 is 0 Å². The Morgan fingerprint density at radius 2 is 1.67 bits per heavy atom. The summed E-state index contributed by atoms with van der Waals surface area (Å²) in [5.41, 5.74) is 2.09. The lowest BCUT2D eigenvalue weighted by atomic mass is 10.2. The fraction of sp³-hybridized carbons (Fsp3) is 0.235. The number of benzene rings is 2. The summed E-state index contributed by atoms with van der Waals surface area (Å²) in [5, 5.41) is 8.13. The number of anilines is 1. The highest BCUT2D eigenvalue weighted by Gasteiger charge is 2.28. The Balaban J connectivity index is 1.54. The van der Waals surface area contributed by atoms with Crippen LogP contribution in [0.3, 0.4) is 0 Å². The van der Waals surface area contributed by atoms with Crippen LogP contribution in [0.15, 0.2) is 59.6 Å². The zero-order chi connectivity index (χ0) is 16.6. The summed E-state index contributed by atoms with van der Waals surface area (Å²) >= 11 is 0. The van der Waals surface area contributed by atoms with E-state index in [9.17, 15) is 8.42 Å². The molecule has 2 aromatic carbocycles. The second-order valence-electron chi connectivity index (χ2n) is 5.81. The molecule has 0 bridgehead atoms. The molecule has 0 amide bonds. The van der Waals surface area contributed by atoms with Gasteiger partial charge in [-0.1, -0.05) is 24.3 Å². The molecule has 7 heteroatoms. The summed E-state index contributed by atoms with van der Waals surface area (Å²) in [6, 6.07) is 14.7. The number of aromatic nitrogens is 2. The van der Waals surface area contributed by atoms with Crippen molar-refractivity contribution in [2.45, 2.75) is 4.90 Å². The summed E-state index contributed by atoms with van der Waals surface area (Å²) in [6.07, 6.45) is 1.82. The highest BCUT2D eigenvalue weighted by atomic mass is 32.2. The van der Waals surface area contributed by atoms with Crippen LogP contribution >= 0.6 is 0 Å². The minimum Gasteiger partial charge on any atom is -0.368 e. The number of piperazine rings is 1. The van der Waals surface area contributed by atoms with Crippen molar-refractivity contribution in [1.82, 2.24) is 14.5 Å². The lowest BCUT2D eigenvalue weighted by Gasteiger charge is -2.35. The van der Waals surface area contributed by atoms with Gasteiger partial charge in [0.1, 0.15) is 0 Å². The van der Waals surface area contributed by atoms with Crippen LogP contribution in [0.5, 0.6) is 0 Å². The summed E-state index contributed by atoms with van der Waals surface area (Å²) < 4.78 is 27.0. The zero-order valence-corrected chi connectivity index (χ0v) is 13.9. The Hall–Kier alpha value is -2.38. The van der Waals surface area contributed by atoms with Gasteiger partial charge in [0.2, 0.25) is 10.0 Å². The van der Waals surface area contributed by atoms with E-state index in [0.717, 1.165) is 16.6 Å². The minimum atomic E-state index is -3.41. The van der Waals surface area contributed by atoms with Gasteiger partial charge in [0.15, 0.2) is 0 Å². The first kappa shape index (κ1) is 15.2. The van der Waals surface area contributed by atoms with Crippen molar-refractivity contribution in [1.29, 1.82) is 0 Å². The SMILES string of the molecule is O=S(=O)(c1ccccc1)N1CCN(c2cccc3[nH]ncc23)CC1. The molecule has 1 aliphatic rings. The van der Waals surface area contributed by atoms with Crippen molar-refractivity contribution < 1.29 is 8.42 Å². The van der Waals surface area contributed by atoms with Gasteiger partial charge in [-0.2, -0.15) is 9.40 Å². The maximum atomic E-state index is 12.7. The van der Waals surface area contributed by atoms with E-state index in [1.165, 1.54) is 0 Å². The van der Waals surface area contributed by atoms with Crippen molar-refractivity contribution >= 4 is 26.6 Å². The molecule has 1 saturated heterocycles. The first-order chi connectivity index (χ1) is 11.7. The fourth-order valence-corrected chi connectivity index (χ4v) is 4.58. The molecule has 24 heavy (non-hydrogen) atoms. The average Bonchev–Trinajstić information content (AvgIpc) is 3.11. The molecule has 2 heterocycles. The number of H-pyrrole nitrogens is 1. The maximum absolute atomic E-state index is 12.7. The molecule has 0 atom stereocenters. The van der Waals surface area contributed by atoms with E-state index in [2.05, 4.69) is 21.2 Å². The minimum absolute atomic E-state index is 0.357. The number of rotatable bonds is 3. The molecule has 124 valence electrons. The number of sulfonamides is 1. The fourth-order valence-electron chi connectivity index (χ4n) is 3.14. The Kier molecular flexibility index (Phi) is 3.74. The molecule has 0 radical (unpaired) electrons. The Morgan fingerprint density at radius 1 is 0.917 bits per heavy atom. The lowest BCUT2D eigenvalue weighted by Crippen LogP contribution is -2.48. The van der Waals surface area contributed by atoms with Crippen molar-refractivity contribution in [3.8, 4) is 0 Å². The smallest absolute Gasteiger partial charge is 0.243 e. The van der Waals surface area contributed by atoms with Crippen LogP contribution < -0.4 is 4.90 Å². The van der Waals surface area contributed by atoms with Gasteiger partial charge in [0.25, 0.3) is 0 Å². The predicted octanol–water partition coefficient (Wildman–Crippen LogP) is 2.07. The molecule has 0 saturated carbocycles. The van der Waals surface area contributed by atoms with E-state index in [-0.39, 0.29) is 0 Å². The molecule has 0 unspecified atom stereocenters. The third-order valence-corrected chi connectivity index (χ3v) is 6.33. The summed E-state index contributed by atoms with van der Waals surface area (Å²) in [6.45, 7) is 2.28. The van der Waals surface area contributed by atoms with E-state index in [1.807, 2.05) is 24.4 Å². The van der Waals surface area contributed by atoms with E-state index < -0.39 is 10.0 Å². The number of aromatic amines is 1. The van der Waals surface area contributed by atoms with E-state index >= 15 is 0 Å². The average molecular weight is 342 g/mol. The molecule has 1 aromatic heterocycles. The van der Waals surface area contributed by atoms with Crippen molar-refractivity contribution in [3.05, 3.63) is 54.7 Å². The van der Waals surface area contributed by atoms with Crippen LogP contribution in [0.1, 0.15) is 0 Å². The van der Waals surface area contributed by atoms with Crippen LogP contribution in [0.25, 0.3) is 10.9 Å². The summed E-state index contributed by atoms with van der Waals surface area (Å²) in [4.78, 5) is 2.57.